The smallest absolute Gasteiger partial charge is 0.244 e. The molecule has 1 N–H and O–H groups in total. The van der Waals surface area contributed by atoms with Crippen LogP contribution in [0.3, 0.4) is 0 Å². The van der Waals surface area contributed by atoms with Crippen molar-refractivity contribution in [1.82, 2.24) is 10.2 Å². The molecule has 9 heteroatoms. The van der Waals surface area contributed by atoms with E-state index in [2.05, 4.69) is 5.32 Å². The van der Waals surface area contributed by atoms with Crippen LogP contribution in [0.2, 0.25) is 5.02 Å². The minimum absolute atomic E-state index is 0.166. The van der Waals surface area contributed by atoms with Crippen LogP contribution >= 0.6 is 11.6 Å². The first-order valence-electron chi connectivity index (χ1n) is 9.89. The fourth-order valence-electron chi connectivity index (χ4n) is 3.16. The summed E-state index contributed by atoms with van der Waals surface area (Å²) in [6.45, 7) is 5.46. The van der Waals surface area contributed by atoms with E-state index in [0.717, 1.165) is 21.7 Å². The molecule has 0 radical (unpaired) electrons. The van der Waals surface area contributed by atoms with Crippen LogP contribution in [-0.2, 0) is 26.2 Å². The maximum absolute atomic E-state index is 13.3. The standard InChI is InChI=1S/C22H28ClN3O4S/c1-5-24-22(28)17(3)25(14-18-10-8-9-16(2)13-18)21(27)15-26(31(4,29)30)20-12-7-6-11-19(20)23/h6-13,17H,5,14-15H2,1-4H3,(H,24,28). The average Bonchev–Trinajstić information content (AvgIpc) is 2.69. The molecule has 1 atom stereocenters. The highest BCUT2D eigenvalue weighted by molar-refractivity contribution is 7.92. The number of benzene rings is 2. The van der Waals surface area contributed by atoms with Gasteiger partial charge in [-0.2, -0.15) is 0 Å². The Hall–Kier alpha value is -2.58. The normalized spacial score (nSPS) is 12.2. The van der Waals surface area contributed by atoms with Crippen LogP contribution in [0.1, 0.15) is 25.0 Å². The van der Waals surface area contributed by atoms with Crippen molar-refractivity contribution < 1.29 is 18.0 Å². The molecule has 0 bridgehead atoms. The highest BCUT2D eigenvalue weighted by Crippen LogP contribution is 2.27. The van der Waals surface area contributed by atoms with Crippen LogP contribution in [0.4, 0.5) is 5.69 Å². The fraction of sp³-hybridized carbons (Fsp3) is 0.364. The lowest BCUT2D eigenvalue weighted by Crippen LogP contribution is -2.51. The van der Waals surface area contributed by atoms with E-state index in [0.29, 0.717) is 6.54 Å². The summed E-state index contributed by atoms with van der Waals surface area (Å²) < 4.78 is 25.9. The lowest BCUT2D eigenvalue weighted by atomic mass is 10.1. The Morgan fingerprint density at radius 1 is 1.13 bits per heavy atom. The van der Waals surface area contributed by atoms with Crippen LogP contribution in [0, 0.1) is 6.92 Å². The van der Waals surface area contributed by atoms with Crippen LogP contribution in [0.25, 0.3) is 0 Å². The zero-order chi connectivity index (χ0) is 23.2. The van der Waals surface area contributed by atoms with Crippen LogP contribution < -0.4 is 9.62 Å². The number of rotatable bonds is 9. The van der Waals surface area contributed by atoms with Gasteiger partial charge in [0, 0.05) is 13.1 Å². The highest BCUT2D eigenvalue weighted by Gasteiger charge is 2.30. The van der Waals surface area contributed by atoms with Gasteiger partial charge in [-0.25, -0.2) is 8.42 Å². The maximum Gasteiger partial charge on any atom is 0.244 e. The zero-order valence-corrected chi connectivity index (χ0v) is 19.7. The topological polar surface area (TPSA) is 86.8 Å². The summed E-state index contributed by atoms with van der Waals surface area (Å²) in [5, 5.41) is 2.93. The Morgan fingerprint density at radius 3 is 2.39 bits per heavy atom. The van der Waals surface area contributed by atoms with E-state index in [-0.39, 0.29) is 23.2 Å². The van der Waals surface area contributed by atoms with E-state index in [1.54, 1.807) is 32.0 Å². The minimum Gasteiger partial charge on any atom is -0.355 e. The van der Waals surface area contributed by atoms with Crippen LogP contribution in [-0.4, -0.2) is 50.5 Å². The van der Waals surface area contributed by atoms with Gasteiger partial charge in [0.2, 0.25) is 21.8 Å². The van der Waals surface area contributed by atoms with Crippen molar-refractivity contribution in [3.8, 4) is 0 Å². The second-order valence-electron chi connectivity index (χ2n) is 7.30. The molecule has 2 aromatic carbocycles. The van der Waals surface area contributed by atoms with Crippen molar-refractivity contribution in [3.05, 3.63) is 64.7 Å². The number of hydrogen-bond donors (Lipinski definition) is 1. The first kappa shape index (κ1) is 24.7. The maximum atomic E-state index is 13.3. The number of likely N-dealkylation sites (N-methyl/N-ethyl adjacent to an activating group) is 1. The molecule has 0 aliphatic carbocycles. The monoisotopic (exact) mass is 465 g/mol. The molecule has 2 aromatic rings. The number of halogens is 1. The highest BCUT2D eigenvalue weighted by atomic mass is 35.5. The van der Waals surface area contributed by atoms with Crippen LogP contribution in [0.5, 0.6) is 0 Å². The third-order valence-electron chi connectivity index (χ3n) is 4.75. The van der Waals surface area contributed by atoms with Gasteiger partial charge in [0.1, 0.15) is 12.6 Å². The van der Waals surface area contributed by atoms with Crippen LogP contribution in [0.15, 0.2) is 48.5 Å². The molecule has 2 amide bonds. The lowest BCUT2D eigenvalue weighted by Gasteiger charge is -2.31. The molecular weight excluding hydrogens is 438 g/mol. The molecular formula is C22H28ClN3O4S. The van der Waals surface area contributed by atoms with Crippen molar-refractivity contribution in [2.75, 3.05) is 23.7 Å². The number of sulfonamides is 1. The first-order chi connectivity index (χ1) is 14.5. The van der Waals surface area contributed by atoms with E-state index in [1.807, 2.05) is 31.2 Å². The second-order valence-corrected chi connectivity index (χ2v) is 9.62. The molecule has 0 saturated carbocycles. The summed E-state index contributed by atoms with van der Waals surface area (Å²) in [5.74, 6) is -0.822. The first-order valence-corrected chi connectivity index (χ1v) is 12.1. The van der Waals surface area contributed by atoms with E-state index in [4.69, 9.17) is 11.6 Å². The lowest BCUT2D eigenvalue weighted by molar-refractivity contribution is -0.139. The number of nitrogens with zero attached hydrogens (tertiary/aromatic N) is 2. The molecule has 0 heterocycles. The largest absolute Gasteiger partial charge is 0.355 e. The van der Waals surface area contributed by atoms with E-state index in [1.165, 1.54) is 11.0 Å². The number of para-hydroxylation sites is 1. The molecule has 31 heavy (non-hydrogen) atoms. The number of amides is 2. The SMILES string of the molecule is CCNC(=O)C(C)N(Cc1cccc(C)c1)C(=O)CN(c1ccccc1Cl)S(C)(=O)=O. The zero-order valence-electron chi connectivity index (χ0n) is 18.1. The van der Waals surface area contributed by atoms with Crippen molar-refractivity contribution in [1.29, 1.82) is 0 Å². The number of carbonyl (C=O) groups is 2. The summed E-state index contributed by atoms with van der Waals surface area (Å²) in [5.41, 5.74) is 2.07. The van der Waals surface area contributed by atoms with Gasteiger partial charge in [-0.1, -0.05) is 53.6 Å². The van der Waals surface area contributed by atoms with E-state index >= 15 is 0 Å². The Balaban J connectivity index is 2.40. The van der Waals surface area contributed by atoms with Crippen molar-refractivity contribution in [2.24, 2.45) is 0 Å². The Morgan fingerprint density at radius 2 is 1.81 bits per heavy atom. The summed E-state index contributed by atoms with van der Waals surface area (Å²) in [4.78, 5) is 27.2. The number of aryl methyl sites for hydroxylation is 1. The van der Waals surface area contributed by atoms with Gasteiger partial charge >= 0.3 is 0 Å². The van der Waals surface area contributed by atoms with Gasteiger partial charge in [-0.05, 0) is 38.5 Å². The molecule has 0 aliphatic heterocycles. The molecule has 7 nitrogen and oxygen atoms in total. The number of nitrogens with one attached hydrogen (secondary N) is 1. The Kier molecular flexibility index (Phi) is 8.47. The average molecular weight is 466 g/mol. The van der Waals surface area contributed by atoms with Gasteiger partial charge in [0.15, 0.2) is 0 Å². The molecule has 1 unspecified atom stereocenters. The van der Waals surface area contributed by atoms with Crippen molar-refractivity contribution in [2.45, 2.75) is 33.4 Å². The van der Waals surface area contributed by atoms with E-state index < -0.39 is 28.5 Å². The van der Waals surface area contributed by atoms with E-state index in [9.17, 15) is 18.0 Å². The summed E-state index contributed by atoms with van der Waals surface area (Å²) in [6.07, 6.45) is 1.02. The van der Waals surface area contributed by atoms with Crippen molar-refractivity contribution >= 4 is 39.1 Å². The number of anilines is 1. The number of carbonyl (C=O) groups excluding carboxylic acids is 2. The fourth-order valence-corrected chi connectivity index (χ4v) is 4.31. The van der Waals surface area contributed by atoms with Crippen molar-refractivity contribution in [3.63, 3.8) is 0 Å². The predicted octanol–water partition coefficient (Wildman–Crippen LogP) is 2.97. The van der Waals surface area contributed by atoms with Gasteiger partial charge in [0.05, 0.1) is 17.0 Å². The Labute approximate surface area is 189 Å². The molecule has 0 aromatic heterocycles. The minimum atomic E-state index is -3.80. The summed E-state index contributed by atoms with van der Waals surface area (Å²) >= 11 is 6.19. The van der Waals surface area contributed by atoms with Gasteiger partial charge in [-0.3, -0.25) is 13.9 Å². The molecule has 0 aliphatic rings. The quantitative estimate of drug-likeness (QED) is 0.616. The third kappa shape index (κ3) is 6.70. The molecule has 168 valence electrons. The molecule has 0 fully saturated rings. The van der Waals surface area contributed by atoms with Gasteiger partial charge in [0.25, 0.3) is 0 Å². The second kappa shape index (κ2) is 10.6. The molecule has 0 saturated heterocycles. The van der Waals surface area contributed by atoms with Gasteiger partial charge in [-0.15, -0.1) is 0 Å². The third-order valence-corrected chi connectivity index (χ3v) is 6.20. The summed E-state index contributed by atoms with van der Waals surface area (Å²) in [6, 6.07) is 13.2. The molecule has 0 spiro atoms. The predicted molar refractivity (Wildman–Crippen MR) is 124 cm³/mol. The molecule has 2 rings (SSSR count). The summed E-state index contributed by atoms with van der Waals surface area (Å²) in [7, 11) is -3.80. The Bertz CT molecular complexity index is 1040. The van der Waals surface area contributed by atoms with Gasteiger partial charge < -0.3 is 10.2 Å². The number of hydrogen-bond acceptors (Lipinski definition) is 4.